The Kier molecular flexibility index (Phi) is 3.78. The molecule has 15 heavy (non-hydrogen) atoms. The molecule has 1 nitrogen and oxygen atoms in total. The van der Waals surface area contributed by atoms with Crippen LogP contribution in [0.15, 0.2) is 22.7 Å². The molecule has 1 unspecified atom stereocenters. The molecule has 84 valence electrons. The predicted octanol–water partition coefficient (Wildman–Crippen LogP) is 3.88. The Morgan fingerprint density at radius 1 is 1.40 bits per heavy atom. The van der Waals surface area contributed by atoms with Gasteiger partial charge in [0.1, 0.15) is 0 Å². The lowest BCUT2D eigenvalue weighted by molar-refractivity contribution is -0.137. The minimum Gasteiger partial charge on any atom is -0.324 e. The third-order valence-electron chi connectivity index (χ3n) is 2.16. The van der Waals surface area contributed by atoms with Crippen molar-refractivity contribution in [2.75, 3.05) is 0 Å². The first-order chi connectivity index (χ1) is 6.86. The van der Waals surface area contributed by atoms with E-state index in [1.165, 1.54) is 6.07 Å². The second kappa shape index (κ2) is 4.53. The van der Waals surface area contributed by atoms with Crippen molar-refractivity contribution in [2.24, 2.45) is 5.73 Å². The monoisotopic (exact) mass is 281 g/mol. The van der Waals surface area contributed by atoms with Crippen molar-refractivity contribution >= 4 is 15.9 Å². The molecule has 1 rings (SSSR count). The molecule has 0 spiro atoms. The zero-order chi connectivity index (χ0) is 11.6. The molecule has 0 aromatic heterocycles. The molecule has 0 heterocycles. The number of benzene rings is 1. The highest BCUT2D eigenvalue weighted by molar-refractivity contribution is 9.10. The molecule has 0 aliphatic carbocycles. The van der Waals surface area contributed by atoms with Crippen molar-refractivity contribution in [3.8, 4) is 0 Å². The zero-order valence-corrected chi connectivity index (χ0v) is 9.69. The van der Waals surface area contributed by atoms with Crippen LogP contribution in [0.2, 0.25) is 0 Å². The molecule has 1 aromatic carbocycles. The maximum atomic E-state index is 12.4. The van der Waals surface area contributed by atoms with Gasteiger partial charge in [-0.1, -0.05) is 22.9 Å². The van der Waals surface area contributed by atoms with E-state index < -0.39 is 11.7 Å². The first-order valence-corrected chi connectivity index (χ1v) is 5.27. The summed E-state index contributed by atoms with van der Waals surface area (Å²) < 4.78 is 37.8. The smallest absolute Gasteiger partial charge is 0.324 e. The summed E-state index contributed by atoms with van der Waals surface area (Å²) in [5.41, 5.74) is 5.54. The number of alkyl halides is 3. The van der Waals surface area contributed by atoms with Gasteiger partial charge in [0.05, 0.1) is 5.56 Å². The van der Waals surface area contributed by atoms with Gasteiger partial charge in [0.15, 0.2) is 0 Å². The highest BCUT2D eigenvalue weighted by atomic mass is 79.9. The summed E-state index contributed by atoms with van der Waals surface area (Å²) in [6.45, 7) is 1.83. The normalized spacial score (nSPS) is 14.0. The molecule has 0 fully saturated rings. The van der Waals surface area contributed by atoms with E-state index in [1.54, 1.807) is 0 Å². The van der Waals surface area contributed by atoms with Crippen LogP contribution in [0.5, 0.6) is 0 Å². The van der Waals surface area contributed by atoms with E-state index in [0.29, 0.717) is 16.5 Å². The third-order valence-corrected chi connectivity index (χ3v) is 2.88. The van der Waals surface area contributed by atoms with E-state index in [4.69, 9.17) is 5.73 Å². The second-order valence-corrected chi connectivity index (χ2v) is 4.10. The Balaban J connectivity index is 3.17. The van der Waals surface area contributed by atoms with Crippen LogP contribution in [-0.4, -0.2) is 0 Å². The quantitative estimate of drug-likeness (QED) is 0.875. The molecule has 0 saturated carbocycles. The summed E-state index contributed by atoms with van der Waals surface area (Å²) in [7, 11) is 0. The number of halogens is 4. The van der Waals surface area contributed by atoms with Gasteiger partial charge in [0, 0.05) is 10.5 Å². The Hall–Kier alpha value is -0.550. The molecule has 0 aliphatic rings. The molecule has 1 atom stereocenters. The lowest BCUT2D eigenvalue weighted by atomic mass is 10.0. The van der Waals surface area contributed by atoms with Gasteiger partial charge in [-0.2, -0.15) is 13.2 Å². The molecule has 0 aliphatic heterocycles. The van der Waals surface area contributed by atoms with Crippen molar-refractivity contribution in [1.29, 1.82) is 0 Å². The summed E-state index contributed by atoms with van der Waals surface area (Å²) in [4.78, 5) is 0. The largest absolute Gasteiger partial charge is 0.416 e. The first-order valence-electron chi connectivity index (χ1n) is 4.48. The number of rotatable bonds is 2. The van der Waals surface area contributed by atoms with Gasteiger partial charge in [-0.3, -0.25) is 0 Å². The minimum absolute atomic E-state index is 0.373. The molecular formula is C10H11BrF3N. The topological polar surface area (TPSA) is 26.0 Å². The Morgan fingerprint density at radius 2 is 2.00 bits per heavy atom. The minimum atomic E-state index is -4.32. The van der Waals surface area contributed by atoms with Gasteiger partial charge in [-0.05, 0) is 30.2 Å². The predicted molar refractivity (Wildman–Crippen MR) is 56.4 cm³/mol. The van der Waals surface area contributed by atoms with Gasteiger partial charge < -0.3 is 5.73 Å². The van der Waals surface area contributed by atoms with E-state index in [0.717, 1.165) is 12.1 Å². The average molecular weight is 282 g/mol. The first kappa shape index (κ1) is 12.5. The number of hydrogen-bond acceptors (Lipinski definition) is 1. The van der Waals surface area contributed by atoms with E-state index in [-0.39, 0.29) is 6.04 Å². The molecular weight excluding hydrogens is 271 g/mol. The lowest BCUT2D eigenvalue weighted by Crippen LogP contribution is -2.12. The molecule has 5 heteroatoms. The lowest BCUT2D eigenvalue weighted by Gasteiger charge is -2.14. The van der Waals surface area contributed by atoms with Gasteiger partial charge >= 0.3 is 6.18 Å². The van der Waals surface area contributed by atoms with E-state index in [2.05, 4.69) is 15.9 Å². The standard InChI is InChI=1S/C10H11BrF3N/c1-2-9(15)7-5-6(10(12,13)14)3-4-8(7)11/h3-5,9H,2,15H2,1H3. The van der Waals surface area contributed by atoms with Gasteiger partial charge in [-0.15, -0.1) is 0 Å². The second-order valence-electron chi connectivity index (χ2n) is 3.25. The van der Waals surface area contributed by atoms with Crippen LogP contribution in [0.25, 0.3) is 0 Å². The van der Waals surface area contributed by atoms with Crippen molar-refractivity contribution < 1.29 is 13.2 Å². The van der Waals surface area contributed by atoms with Crippen LogP contribution in [0.1, 0.15) is 30.5 Å². The van der Waals surface area contributed by atoms with Crippen LogP contribution in [0.3, 0.4) is 0 Å². The van der Waals surface area contributed by atoms with Gasteiger partial charge in [0.25, 0.3) is 0 Å². The van der Waals surface area contributed by atoms with Crippen LogP contribution >= 0.6 is 15.9 Å². The number of nitrogens with two attached hydrogens (primary N) is 1. The van der Waals surface area contributed by atoms with Crippen LogP contribution < -0.4 is 5.73 Å². The van der Waals surface area contributed by atoms with Gasteiger partial charge in [0.2, 0.25) is 0 Å². The SMILES string of the molecule is CCC(N)c1cc(C(F)(F)F)ccc1Br. The van der Waals surface area contributed by atoms with Crippen LogP contribution in [0.4, 0.5) is 13.2 Å². The van der Waals surface area contributed by atoms with E-state index in [1.807, 2.05) is 6.92 Å². The molecule has 0 radical (unpaired) electrons. The Morgan fingerprint density at radius 3 is 2.47 bits per heavy atom. The summed E-state index contributed by atoms with van der Waals surface area (Å²) in [6, 6.07) is 3.14. The average Bonchev–Trinajstić information content (AvgIpc) is 2.15. The third kappa shape index (κ3) is 2.95. The fourth-order valence-corrected chi connectivity index (χ4v) is 1.76. The fourth-order valence-electron chi connectivity index (χ4n) is 1.22. The van der Waals surface area contributed by atoms with Crippen molar-refractivity contribution in [2.45, 2.75) is 25.6 Å². The maximum absolute atomic E-state index is 12.4. The summed E-state index contributed by atoms with van der Waals surface area (Å²) in [5, 5.41) is 0. The van der Waals surface area contributed by atoms with Crippen molar-refractivity contribution in [3.63, 3.8) is 0 Å². The highest BCUT2D eigenvalue weighted by Crippen LogP contribution is 2.33. The van der Waals surface area contributed by atoms with Crippen molar-refractivity contribution in [1.82, 2.24) is 0 Å². The van der Waals surface area contributed by atoms with Gasteiger partial charge in [-0.25, -0.2) is 0 Å². The number of hydrogen-bond donors (Lipinski definition) is 1. The van der Waals surface area contributed by atoms with E-state index >= 15 is 0 Å². The summed E-state index contributed by atoms with van der Waals surface area (Å²) in [6.07, 6.45) is -3.72. The fraction of sp³-hybridized carbons (Fsp3) is 0.400. The maximum Gasteiger partial charge on any atom is 0.416 e. The summed E-state index contributed by atoms with van der Waals surface area (Å²) >= 11 is 3.19. The molecule has 0 bridgehead atoms. The zero-order valence-electron chi connectivity index (χ0n) is 8.11. The highest BCUT2D eigenvalue weighted by Gasteiger charge is 2.31. The van der Waals surface area contributed by atoms with Crippen LogP contribution in [0, 0.1) is 0 Å². The molecule has 2 N–H and O–H groups in total. The molecule has 0 saturated heterocycles. The Bertz CT molecular complexity index is 349. The molecule has 0 amide bonds. The Labute approximate surface area is 94.6 Å². The summed E-state index contributed by atoms with van der Waals surface area (Å²) in [5.74, 6) is 0. The van der Waals surface area contributed by atoms with E-state index in [9.17, 15) is 13.2 Å². The van der Waals surface area contributed by atoms with Crippen LogP contribution in [-0.2, 0) is 6.18 Å². The molecule has 1 aromatic rings. The van der Waals surface area contributed by atoms with Crippen molar-refractivity contribution in [3.05, 3.63) is 33.8 Å².